The fourth-order valence-electron chi connectivity index (χ4n) is 2.13. The van der Waals surface area contributed by atoms with Crippen LogP contribution in [0.5, 0.6) is 0 Å². The Kier molecular flexibility index (Phi) is 2.99. The summed E-state index contributed by atoms with van der Waals surface area (Å²) in [5.74, 6) is 0.420. The predicted octanol–water partition coefficient (Wildman–Crippen LogP) is 4.00. The van der Waals surface area contributed by atoms with Gasteiger partial charge in [-0.25, -0.2) is 0 Å². The van der Waals surface area contributed by atoms with E-state index in [-0.39, 0.29) is 5.43 Å². The molecule has 0 bridgehead atoms. The molecule has 20 heavy (non-hydrogen) atoms. The van der Waals surface area contributed by atoms with Crippen molar-refractivity contribution in [2.24, 2.45) is 0 Å². The lowest BCUT2D eigenvalue weighted by molar-refractivity contribution is 0.619. The Labute approximate surface area is 120 Å². The number of aryl methyl sites for hydroxylation is 1. The van der Waals surface area contributed by atoms with E-state index >= 15 is 0 Å². The molecule has 0 aliphatic rings. The van der Waals surface area contributed by atoms with E-state index in [1.807, 2.05) is 19.1 Å². The van der Waals surface area contributed by atoms with Gasteiger partial charge < -0.3 is 10.2 Å². The van der Waals surface area contributed by atoms with Gasteiger partial charge in [0, 0.05) is 17.3 Å². The average Bonchev–Trinajstić information content (AvgIpc) is 2.42. The Morgan fingerprint density at radius 1 is 1.10 bits per heavy atom. The third-order valence-corrected chi connectivity index (χ3v) is 3.47. The molecule has 0 saturated heterocycles. The number of nitrogens with two attached hydrogens (primary N) is 1. The molecule has 0 amide bonds. The molecule has 4 heteroatoms. The van der Waals surface area contributed by atoms with Gasteiger partial charge in [-0.05, 0) is 37.3 Å². The van der Waals surface area contributed by atoms with E-state index in [2.05, 4.69) is 0 Å². The number of hydrogen-bond donors (Lipinski definition) is 1. The van der Waals surface area contributed by atoms with Crippen LogP contribution in [0.25, 0.3) is 22.3 Å². The first-order chi connectivity index (χ1) is 9.54. The highest BCUT2D eigenvalue weighted by Gasteiger charge is 2.10. The van der Waals surface area contributed by atoms with Crippen molar-refractivity contribution in [3.63, 3.8) is 0 Å². The van der Waals surface area contributed by atoms with E-state index in [1.165, 1.54) is 6.07 Å². The first-order valence-electron chi connectivity index (χ1n) is 6.14. The molecule has 1 aromatic heterocycles. The molecule has 0 aliphatic carbocycles. The Morgan fingerprint density at radius 3 is 2.70 bits per heavy atom. The van der Waals surface area contributed by atoms with Crippen LogP contribution in [0.4, 0.5) is 5.69 Å². The molecule has 0 radical (unpaired) electrons. The molecule has 100 valence electrons. The highest BCUT2D eigenvalue weighted by molar-refractivity contribution is 6.33. The zero-order chi connectivity index (χ0) is 14.3. The van der Waals surface area contributed by atoms with Crippen molar-refractivity contribution in [1.29, 1.82) is 0 Å². The van der Waals surface area contributed by atoms with Gasteiger partial charge in [0.2, 0.25) is 0 Å². The van der Waals surface area contributed by atoms with Gasteiger partial charge in [0.25, 0.3) is 0 Å². The van der Waals surface area contributed by atoms with Crippen molar-refractivity contribution in [1.82, 2.24) is 0 Å². The lowest BCUT2D eigenvalue weighted by Crippen LogP contribution is -2.01. The van der Waals surface area contributed by atoms with E-state index in [9.17, 15) is 4.79 Å². The van der Waals surface area contributed by atoms with E-state index in [1.54, 1.807) is 24.3 Å². The van der Waals surface area contributed by atoms with Gasteiger partial charge in [0.05, 0.1) is 10.4 Å². The fourth-order valence-corrected chi connectivity index (χ4v) is 2.35. The van der Waals surface area contributed by atoms with Crippen LogP contribution in [0.2, 0.25) is 5.02 Å². The van der Waals surface area contributed by atoms with Gasteiger partial charge in [-0.1, -0.05) is 23.2 Å². The van der Waals surface area contributed by atoms with Crippen LogP contribution in [-0.4, -0.2) is 0 Å². The average molecular weight is 286 g/mol. The van der Waals surface area contributed by atoms with Crippen LogP contribution >= 0.6 is 11.6 Å². The molecule has 0 saturated carbocycles. The van der Waals surface area contributed by atoms with Crippen molar-refractivity contribution in [3.8, 4) is 11.3 Å². The minimum atomic E-state index is -0.0940. The second kappa shape index (κ2) is 4.69. The lowest BCUT2D eigenvalue weighted by atomic mass is 10.1. The maximum Gasteiger partial charge on any atom is 0.193 e. The zero-order valence-corrected chi connectivity index (χ0v) is 11.6. The summed E-state index contributed by atoms with van der Waals surface area (Å²) < 4.78 is 5.78. The lowest BCUT2D eigenvalue weighted by Gasteiger charge is -2.06. The normalized spacial score (nSPS) is 10.9. The number of hydrogen-bond acceptors (Lipinski definition) is 3. The minimum Gasteiger partial charge on any atom is -0.456 e. The quantitative estimate of drug-likeness (QED) is 0.687. The highest BCUT2D eigenvalue weighted by atomic mass is 35.5. The summed E-state index contributed by atoms with van der Waals surface area (Å²) in [6, 6.07) is 12.0. The van der Waals surface area contributed by atoms with Crippen molar-refractivity contribution in [2.75, 3.05) is 5.73 Å². The smallest absolute Gasteiger partial charge is 0.193 e. The molecule has 0 atom stereocenters. The van der Waals surface area contributed by atoms with E-state index in [0.717, 1.165) is 5.56 Å². The second-order valence-electron chi connectivity index (χ2n) is 4.71. The van der Waals surface area contributed by atoms with Gasteiger partial charge in [0.1, 0.15) is 11.3 Å². The highest BCUT2D eigenvalue weighted by Crippen LogP contribution is 2.30. The Hall–Kier alpha value is -2.26. The predicted molar refractivity (Wildman–Crippen MR) is 82.1 cm³/mol. The summed E-state index contributed by atoms with van der Waals surface area (Å²) >= 11 is 6.14. The van der Waals surface area contributed by atoms with Crippen LogP contribution < -0.4 is 11.2 Å². The summed E-state index contributed by atoms with van der Waals surface area (Å²) in [5.41, 5.74) is 8.40. The zero-order valence-electron chi connectivity index (χ0n) is 10.8. The SMILES string of the molecule is Cc1ccc2oc(-c3cc(N)ccc3Cl)cc(=O)c2c1. The molecule has 0 spiro atoms. The number of fused-ring (bicyclic) bond motifs is 1. The van der Waals surface area contributed by atoms with Crippen molar-refractivity contribution < 1.29 is 4.42 Å². The molecular weight excluding hydrogens is 274 g/mol. The van der Waals surface area contributed by atoms with Gasteiger partial charge in [-0.15, -0.1) is 0 Å². The first kappa shape index (κ1) is 12.8. The first-order valence-corrected chi connectivity index (χ1v) is 6.52. The fraction of sp³-hybridized carbons (Fsp3) is 0.0625. The van der Waals surface area contributed by atoms with Crippen LogP contribution in [-0.2, 0) is 0 Å². The van der Waals surface area contributed by atoms with Crippen LogP contribution in [0.3, 0.4) is 0 Å². The number of rotatable bonds is 1. The minimum absolute atomic E-state index is 0.0940. The second-order valence-corrected chi connectivity index (χ2v) is 5.12. The molecular formula is C16H12ClNO2. The molecule has 2 N–H and O–H groups in total. The summed E-state index contributed by atoms with van der Waals surface area (Å²) in [4.78, 5) is 12.2. The number of nitrogen functional groups attached to an aromatic ring is 1. The standard InChI is InChI=1S/C16H12ClNO2/c1-9-2-5-15-12(6-9)14(19)8-16(20-15)11-7-10(18)3-4-13(11)17/h2-8H,18H2,1H3. The van der Waals surface area contributed by atoms with Crippen molar-refractivity contribution in [3.05, 3.63) is 63.3 Å². The summed E-state index contributed by atoms with van der Waals surface area (Å²) in [6.07, 6.45) is 0. The van der Waals surface area contributed by atoms with Crippen LogP contribution in [0.1, 0.15) is 5.56 Å². The Balaban J connectivity index is 2.30. The third-order valence-electron chi connectivity index (χ3n) is 3.14. The summed E-state index contributed by atoms with van der Waals surface area (Å²) in [7, 11) is 0. The summed E-state index contributed by atoms with van der Waals surface area (Å²) in [5, 5.41) is 1.06. The largest absolute Gasteiger partial charge is 0.456 e. The molecule has 3 rings (SSSR count). The molecule has 1 heterocycles. The molecule has 0 aliphatic heterocycles. The van der Waals surface area contributed by atoms with Crippen molar-refractivity contribution in [2.45, 2.75) is 6.92 Å². The van der Waals surface area contributed by atoms with Gasteiger partial charge in [0.15, 0.2) is 5.43 Å². The maximum atomic E-state index is 12.2. The topological polar surface area (TPSA) is 56.2 Å². The third kappa shape index (κ3) is 2.17. The monoisotopic (exact) mass is 285 g/mol. The molecule has 0 fully saturated rings. The van der Waals surface area contributed by atoms with Gasteiger partial charge in [-0.2, -0.15) is 0 Å². The number of halogens is 1. The number of anilines is 1. The molecule has 0 unspecified atom stereocenters. The van der Waals surface area contributed by atoms with E-state index < -0.39 is 0 Å². The molecule has 3 nitrogen and oxygen atoms in total. The van der Waals surface area contributed by atoms with E-state index in [0.29, 0.717) is 33.0 Å². The molecule has 3 aromatic rings. The Morgan fingerprint density at radius 2 is 1.90 bits per heavy atom. The van der Waals surface area contributed by atoms with Gasteiger partial charge >= 0.3 is 0 Å². The Bertz CT molecular complexity index is 868. The van der Waals surface area contributed by atoms with Crippen molar-refractivity contribution >= 4 is 28.3 Å². The van der Waals surface area contributed by atoms with Crippen LogP contribution in [0.15, 0.2) is 51.7 Å². The maximum absolute atomic E-state index is 12.2. The van der Waals surface area contributed by atoms with E-state index in [4.69, 9.17) is 21.8 Å². The summed E-state index contributed by atoms with van der Waals surface area (Å²) in [6.45, 7) is 1.93. The van der Waals surface area contributed by atoms with Gasteiger partial charge in [-0.3, -0.25) is 4.79 Å². The van der Waals surface area contributed by atoms with Crippen LogP contribution in [0, 0.1) is 6.92 Å². The molecule has 2 aromatic carbocycles. The number of benzene rings is 2.